The number of likely N-dealkylation sites (tertiary alicyclic amines) is 2. The number of aromatic nitrogens is 1. The molecule has 1 spiro atoms. The lowest BCUT2D eigenvalue weighted by molar-refractivity contribution is -0.0471. The van der Waals surface area contributed by atoms with E-state index in [-0.39, 0.29) is 0 Å². The van der Waals surface area contributed by atoms with Gasteiger partial charge in [-0.15, -0.1) is 0 Å². The second-order valence-corrected chi connectivity index (χ2v) is 7.26. The Kier molecular flexibility index (Phi) is 3.91. The number of piperidine rings is 1. The van der Waals surface area contributed by atoms with E-state index in [0.717, 1.165) is 12.4 Å². The second-order valence-electron chi connectivity index (χ2n) is 7.26. The minimum absolute atomic E-state index is 0.608. The number of anilines is 1. The molecule has 0 aliphatic carbocycles. The van der Waals surface area contributed by atoms with E-state index in [0.29, 0.717) is 12.1 Å². The number of pyridine rings is 1. The number of allylic oxidation sites excluding steroid dienone is 1. The van der Waals surface area contributed by atoms with E-state index in [1.54, 1.807) is 0 Å². The number of aliphatic imine (C=N–C) groups is 1. The molecule has 5 heteroatoms. The molecule has 4 rings (SSSR count). The molecule has 0 atom stereocenters. The maximum atomic E-state index is 4.60. The van der Waals surface area contributed by atoms with Crippen molar-refractivity contribution < 1.29 is 0 Å². The fourth-order valence-corrected chi connectivity index (χ4v) is 3.90. The van der Waals surface area contributed by atoms with E-state index in [1.807, 2.05) is 24.7 Å². The molecule has 23 heavy (non-hydrogen) atoms. The van der Waals surface area contributed by atoms with E-state index < -0.39 is 0 Å². The van der Waals surface area contributed by atoms with Gasteiger partial charge < -0.3 is 9.80 Å². The second kappa shape index (κ2) is 6.06. The van der Waals surface area contributed by atoms with Gasteiger partial charge in [0.05, 0.1) is 0 Å². The Labute approximate surface area is 138 Å². The highest BCUT2D eigenvalue weighted by Gasteiger charge is 2.43. The summed E-state index contributed by atoms with van der Waals surface area (Å²) in [5, 5.41) is 0. The summed E-state index contributed by atoms with van der Waals surface area (Å²) in [5.74, 6) is 0.970. The number of nitrogens with zero attached hydrogens (tertiary/aromatic N) is 5. The van der Waals surface area contributed by atoms with Crippen molar-refractivity contribution in [1.82, 2.24) is 14.8 Å². The zero-order valence-electron chi connectivity index (χ0n) is 13.9. The maximum Gasteiger partial charge on any atom is 0.134 e. The van der Waals surface area contributed by atoms with Crippen molar-refractivity contribution in [2.24, 2.45) is 10.4 Å². The molecule has 3 aliphatic rings. The summed E-state index contributed by atoms with van der Waals surface area (Å²) >= 11 is 0. The molecule has 2 fully saturated rings. The van der Waals surface area contributed by atoms with Gasteiger partial charge in [0.2, 0.25) is 0 Å². The minimum atomic E-state index is 0.608. The zero-order chi connectivity index (χ0) is 15.7. The summed E-state index contributed by atoms with van der Waals surface area (Å²) < 4.78 is 0. The lowest BCUT2D eigenvalue weighted by Gasteiger charge is -2.54. The first-order chi connectivity index (χ1) is 11.2. The smallest absolute Gasteiger partial charge is 0.134 e. The zero-order valence-corrected chi connectivity index (χ0v) is 13.9. The molecule has 122 valence electrons. The van der Waals surface area contributed by atoms with Crippen LogP contribution in [0.3, 0.4) is 0 Å². The topological polar surface area (TPSA) is 35.0 Å². The van der Waals surface area contributed by atoms with Crippen molar-refractivity contribution in [2.75, 3.05) is 44.8 Å². The largest absolute Gasteiger partial charge is 0.313 e. The molecule has 5 nitrogen and oxygen atoms in total. The molecule has 1 aromatic rings. The van der Waals surface area contributed by atoms with Crippen LogP contribution in [0.4, 0.5) is 5.82 Å². The van der Waals surface area contributed by atoms with Gasteiger partial charge in [-0.2, -0.15) is 0 Å². The Morgan fingerprint density at radius 3 is 2.65 bits per heavy atom. The van der Waals surface area contributed by atoms with E-state index in [4.69, 9.17) is 0 Å². The third kappa shape index (κ3) is 3.16. The van der Waals surface area contributed by atoms with Gasteiger partial charge in [-0.05, 0) is 56.1 Å². The van der Waals surface area contributed by atoms with E-state index >= 15 is 0 Å². The van der Waals surface area contributed by atoms with E-state index in [1.165, 1.54) is 44.6 Å². The van der Waals surface area contributed by atoms with Crippen LogP contribution in [-0.4, -0.2) is 60.9 Å². The fourth-order valence-electron chi connectivity index (χ4n) is 3.90. The molecule has 4 heterocycles. The summed E-state index contributed by atoms with van der Waals surface area (Å²) in [4.78, 5) is 15.9. The van der Waals surface area contributed by atoms with Crippen molar-refractivity contribution in [3.05, 3.63) is 36.2 Å². The van der Waals surface area contributed by atoms with Gasteiger partial charge in [0.25, 0.3) is 0 Å². The van der Waals surface area contributed by atoms with Crippen molar-refractivity contribution >= 4 is 12.0 Å². The van der Waals surface area contributed by atoms with Gasteiger partial charge in [0.15, 0.2) is 0 Å². The highest BCUT2D eigenvalue weighted by Crippen LogP contribution is 2.40. The Morgan fingerprint density at radius 2 is 2.00 bits per heavy atom. The van der Waals surface area contributed by atoms with Crippen LogP contribution in [0.25, 0.3) is 0 Å². The monoisotopic (exact) mass is 311 g/mol. The molecule has 1 aromatic heterocycles. The quantitative estimate of drug-likeness (QED) is 0.855. The molecule has 3 aliphatic heterocycles. The minimum Gasteiger partial charge on any atom is -0.313 e. The predicted molar refractivity (Wildman–Crippen MR) is 93.7 cm³/mol. The summed E-state index contributed by atoms with van der Waals surface area (Å²) in [6, 6.07) is 4.31. The van der Waals surface area contributed by atoms with Crippen molar-refractivity contribution in [3.63, 3.8) is 0 Å². The Hall–Kier alpha value is -1.72. The van der Waals surface area contributed by atoms with Crippen LogP contribution in [-0.2, 0) is 6.54 Å². The average Bonchev–Trinajstić information content (AvgIpc) is 2.57. The first-order valence-corrected chi connectivity index (χ1v) is 8.52. The van der Waals surface area contributed by atoms with Crippen molar-refractivity contribution in [3.8, 4) is 0 Å². The predicted octanol–water partition coefficient (Wildman–Crippen LogP) is 1.97. The molecule has 0 aromatic carbocycles. The van der Waals surface area contributed by atoms with Gasteiger partial charge in [0, 0.05) is 38.2 Å². The van der Waals surface area contributed by atoms with Gasteiger partial charge in [0.1, 0.15) is 12.5 Å². The molecule has 0 saturated carbocycles. The van der Waals surface area contributed by atoms with Crippen LogP contribution < -0.4 is 4.90 Å². The van der Waals surface area contributed by atoms with Crippen LogP contribution in [0.2, 0.25) is 0 Å². The maximum absolute atomic E-state index is 4.60. The summed E-state index contributed by atoms with van der Waals surface area (Å²) in [7, 11) is 2.24. The third-order valence-corrected chi connectivity index (χ3v) is 5.37. The van der Waals surface area contributed by atoms with Gasteiger partial charge in [-0.3, -0.25) is 9.89 Å². The first kappa shape index (κ1) is 14.8. The standard InChI is InChI=1S/C18H25N5/c1-21-9-5-18(6-10-21)13-22(14-18)12-16-3-4-17(20-11-16)23-8-2-7-19-15-23/h2-4,7-8,11H,5-6,9-10,12-15H2,1H3. The van der Waals surface area contributed by atoms with Crippen molar-refractivity contribution in [1.29, 1.82) is 0 Å². The number of hydrogen-bond acceptors (Lipinski definition) is 5. The highest BCUT2D eigenvalue weighted by molar-refractivity contribution is 5.73. The highest BCUT2D eigenvalue weighted by atomic mass is 15.2. The van der Waals surface area contributed by atoms with Gasteiger partial charge in [-0.1, -0.05) is 6.07 Å². The molecule has 0 radical (unpaired) electrons. The fraction of sp³-hybridized carbons (Fsp3) is 0.556. The molecule has 0 N–H and O–H groups in total. The Balaban J connectivity index is 1.30. The normalized spacial score (nSPS) is 24.1. The summed E-state index contributed by atoms with van der Waals surface area (Å²) in [6.45, 7) is 6.72. The lowest BCUT2D eigenvalue weighted by Crippen LogP contribution is -2.59. The average molecular weight is 311 g/mol. The molecular formula is C18H25N5. The number of hydrogen-bond donors (Lipinski definition) is 0. The van der Waals surface area contributed by atoms with Crippen LogP contribution in [0.5, 0.6) is 0 Å². The van der Waals surface area contributed by atoms with Gasteiger partial charge in [-0.25, -0.2) is 4.98 Å². The van der Waals surface area contributed by atoms with E-state index in [9.17, 15) is 0 Å². The first-order valence-electron chi connectivity index (χ1n) is 8.52. The molecular weight excluding hydrogens is 286 g/mol. The molecule has 0 amide bonds. The van der Waals surface area contributed by atoms with Crippen molar-refractivity contribution in [2.45, 2.75) is 19.4 Å². The molecule has 2 saturated heterocycles. The van der Waals surface area contributed by atoms with Gasteiger partial charge >= 0.3 is 0 Å². The van der Waals surface area contributed by atoms with Crippen LogP contribution in [0, 0.1) is 5.41 Å². The molecule has 0 unspecified atom stereocenters. The van der Waals surface area contributed by atoms with Crippen LogP contribution in [0.15, 0.2) is 35.6 Å². The lowest BCUT2D eigenvalue weighted by atomic mass is 9.72. The molecule has 0 bridgehead atoms. The van der Waals surface area contributed by atoms with E-state index in [2.05, 4.69) is 43.9 Å². The Morgan fingerprint density at radius 1 is 1.17 bits per heavy atom. The van der Waals surface area contributed by atoms with Crippen LogP contribution >= 0.6 is 0 Å². The SMILES string of the molecule is CN1CCC2(CC1)CN(Cc1ccc(N3C=CC=NC3)nc1)C2. The summed E-state index contributed by atoms with van der Waals surface area (Å²) in [6.07, 6.45) is 10.5. The summed E-state index contributed by atoms with van der Waals surface area (Å²) in [5.41, 5.74) is 1.91. The Bertz CT molecular complexity index is 590. The third-order valence-electron chi connectivity index (χ3n) is 5.37. The number of rotatable bonds is 3. The van der Waals surface area contributed by atoms with Crippen LogP contribution in [0.1, 0.15) is 18.4 Å².